The maximum absolute atomic E-state index is 13.6. The molecule has 2 aliphatic heterocycles. The summed E-state index contributed by atoms with van der Waals surface area (Å²) in [5, 5.41) is 1.49. The second-order valence-electron chi connectivity index (χ2n) is 10.7. The van der Waals surface area contributed by atoms with Crippen molar-refractivity contribution < 1.29 is 14.4 Å². The molecule has 3 amide bonds. The van der Waals surface area contributed by atoms with Gasteiger partial charge in [0.2, 0.25) is 11.8 Å². The molecule has 9 heteroatoms. The van der Waals surface area contributed by atoms with Crippen LogP contribution in [0.3, 0.4) is 0 Å². The first-order chi connectivity index (χ1) is 18.2. The fourth-order valence-corrected chi connectivity index (χ4v) is 6.25. The van der Waals surface area contributed by atoms with Gasteiger partial charge in [-0.1, -0.05) is 40.9 Å². The molecule has 2 heterocycles. The lowest BCUT2D eigenvalue weighted by Gasteiger charge is -2.44. The van der Waals surface area contributed by atoms with E-state index in [0.29, 0.717) is 66.1 Å². The van der Waals surface area contributed by atoms with Gasteiger partial charge in [-0.3, -0.25) is 14.4 Å². The van der Waals surface area contributed by atoms with Crippen molar-refractivity contribution in [1.82, 2.24) is 14.7 Å². The molecular formula is C29H32Cl3N3O3. The van der Waals surface area contributed by atoms with Crippen LogP contribution in [0.5, 0.6) is 0 Å². The molecule has 202 valence electrons. The molecule has 1 saturated carbocycles. The molecule has 0 N–H and O–H groups in total. The minimum absolute atomic E-state index is 0.0855. The number of likely N-dealkylation sites (N-methyl/N-ethyl adjacent to an activating group) is 1. The highest BCUT2D eigenvalue weighted by Gasteiger charge is 2.40. The van der Waals surface area contributed by atoms with Gasteiger partial charge in [-0.05, 0) is 74.1 Å². The molecule has 2 saturated heterocycles. The Morgan fingerprint density at radius 2 is 1.37 bits per heavy atom. The minimum Gasteiger partial charge on any atom is -0.342 e. The zero-order valence-corrected chi connectivity index (χ0v) is 23.7. The third kappa shape index (κ3) is 5.83. The number of hydrogen-bond donors (Lipinski definition) is 0. The van der Waals surface area contributed by atoms with Gasteiger partial charge in [0, 0.05) is 67.6 Å². The second-order valence-corrected chi connectivity index (χ2v) is 12.0. The van der Waals surface area contributed by atoms with Crippen molar-refractivity contribution in [2.24, 2.45) is 11.8 Å². The summed E-state index contributed by atoms with van der Waals surface area (Å²) in [4.78, 5) is 45.1. The number of halogens is 3. The monoisotopic (exact) mass is 575 g/mol. The standard InChI is InChI=1S/C29H32Cl3N3O3/c1-33(27(36)18-4-7-22(30)8-5-18)26-12-15-35(17-23(26)21-6-9-24(31)25(32)16-21)29(38)20-10-13-34(14-11-20)28(37)19-2-3-19/h4-9,16,19-20,23,26H,2-3,10-15,17H2,1H3/t23-,26+/m0/s1. The molecule has 0 spiro atoms. The average Bonchev–Trinajstić information content (AvgIpc) is 3.79. The Morgan fingerprint density at radius 3 is 2.00 bits per heavy atom. The molecule has 3 aliphatic rings. The van der Waals surface area contributed by atoms with E-state index in [1.807, 2.05) is 29.0 Å². The molecule has 2 atom stereocenters. The fraction of sp³-hybridized carbons (Fsp3) is 0.483. The Morgan fingerprint density at radius 1 is 0.763 bits per heavy atom. The normalized spacial score (nSPS) is 22.3. The first-order valence-corrected chi connectivity index (χ1v) is 14.4. The van der Waals surface area contributed by atoms with Gasteiger partial charge in [0.05, 0.1) is 10.0 Å². The summed E-state index contributed by atoms with van der Waals surface area (Å²) in [5.74, 6) is 0.298. The Balaban J connectivity index is 1.32. The molecule has 38 heavy (non-hydrogen) atoms. The summed E-state index contributed by atoms with van der Waals surface area (Å²) < 4.78 is 0. The number of carbonyl (C=O) groups is 3. The number of amides is 3. The van der Waals surface area contributed by atoms with Gasteiger partial charge in [0.15, 0.2) is 0 Å². The summed E-state index contributed by atoms with van der Waals surface area (Å²) >= 11 is 18.6. The van der Waals surface area contributed by atoms with Crippen LogP contribution in [-0.2, 0) is 9.59 Å². The van der Waals surface area contributed by atoms with E-state index in [1.54, 1.807) is 35.2 Å². The summed E-state index contributed by atoms with van der Waals surface area (Å²) in [7, 11) is 1.82. The van der Waals surface area contributed by atoms with Crippen LogP contribution in [0.2, 0.25) is 15.1 Å². The summed E-state index contributed by atoms with van der Waals surface area (Å²) in [6.45, 7) is 2.36. The lowest BCUT2D eigenvalue weighted by molar-refractivity contribution is -0.142. The van der Waals surface area contributed by atoms with E-state index in [-0.39, 0.29) is 41.5 Å². The number of nitrogens with zero attached hydrogens (tertiary/aromatic N) is 3. The number of hydrogen-bond acceptors (Lipinski definition) is 3. The van der Waals surface area contributed by atoms with Crippen LogP contribution in [0.25, 0.3) is 0 Å². The number of piperidine rings is 2. The number of carbonyl (C=O) groups excluding carboxylic acids is 3. The van der Waals surface area contributed by atoms with Gasteiger partial charge >= 0.3 is 0 Å². The molecule has 5 rings (SSSR count). The molecule has 0 unspecified atom stereocenters. The Bertz CT molecular complexity index is 1210. The summed E-state index contributed by atoms with van der Waals surface area (Å²) in [6.07, 6.45) is 4.04. The Hall–Kier alpha value is -2.28. The van der Waals surface area contributed by atoms with Gasteiger partial charge in [0.1, 0.15) is 0 Å². The molecule has 2 aromatic rings. The molecule has 0 radical (unpaired) electrons. The third-order valence-electron chi connectivity index (χ3n) is 8.25. The zero-order chi connectivity index (χ0) is 27.0. The van der Waals surface area contributed by atoms with E-state index in [4.69, 9.17) is 34.8 Å². The van der Waals surface area contributed by atoms with Gasteiger partial charge in [0.25, 0.3) is 5.91 Å². The highest BCUT2D eigenvalue weighted by Crippen LogP contribution is 2.36. The largest absolute Gasteiger partial charge is 0.342 e. The Labute approximate surface area is 238 Å². The highest BCUT2D eigenvalue weighted by molar-refractivity contribution is 6.42. The van der Waals surface area contributed by atoms with Gasteiger partial charge < -0.3 is 14.7 Å². The molecule has 2 aromatic carbocycles. The number of likely N-dealkylation sites (tertiary alicyclic amines) is 2. The first kappa shape index (κ1) is 27.3. The second kappa shape index (κ2) is 11.4. The van der Waals surface area contributed by atoms with Crippen LogP contribution in [0.1, 0.15) is 53.9 Å². The van der Waals surface area contributed by atoms with Gasteiger partial charge in [-0.25, -0.2) is 0 Å². The lowest BCUT2D eigenvalue weighted by atomic mass is 9.83. The quantitative estimate of drug-likeness (QED) is 0.455. The molecular weight excluding hydrogens is 545 g/mol. The molecule has 1 aliphatic carbocycles. The van der Waals surface area contributed by atoms with Crippen molar-refractivity contribution in [2.45, 2.75) is 44.1 Å². The van der Waals surface area contributed by atoms with Crippen molar-refractivity contribution in [3.8, 4) is 0 Å². The van der Waals surface area contributed by atoms with E-state index in [2.05, 4.69) is 0 Å². The lowest BCUT2D eigenvalue weighted by Crippen LogP contribution is -2.53. The summed E-state index contributed by atoms with van der Waals surface area (Å²) in [5.41, 5.74) is 1.51. The predicted molar refractivity (Wildman–Crippen MR) is 150 cm³/mol. The smallest absolute Gasteiger partial charge is 0.253 e. The van der Waals surface area contributed by atoms with E-state index in [9.17, 15) is 14.4 Å². The van der Waals surface area contributed by atoms with Crippen molar-refractivity contribution in [2.75, 3.05) is 33.2 Å². The zero-order valence-electron chi connectivity index (χ0n) is 21.4. The van der Waals surface area contributed by atoms with Crippen molar-refractivity contribution in [1.29, 1.82) is 0 Å². The SMILES string of the molecule is CN(C(=O)c1ccc(Cl)cc1)[C@@H]1CCN(C(=O)C2CCN(C(=O)C3CC3)CC2)C[C@H]1c1ccc(Cl)c(Cl)c1. The number of rotatable bonds is 5. The molecule has 6 nitrogen and oxygen atoms in total. The van der Waals surface area contributed by atoms with Crippen molar-refractivity contribution >= 4 is 52.5 Å². The van der Waals surface area contributed by atoms with E-state index in [0.717, 1.165) is 18.4 Å². The van der Waals surface area contributed by atoms with Crippen LogP contribution in [-0.4, -0.2) is 71.7 Å². The summed E-state index contributed by atoms with van der Waals surface area (Å²) in [6, 6.07) is 12.3. The van der Waals surface area contributed by atoms with Crippen LogP contribution >= 0.6 is 34.8 Å². The van der Waals surface area contributed by atoms with Crippen LogP contribution in [0, 0.1) is 11.8 Å². The minimum atomic E-state index is -0.127. The van der Waals surface area contributed by atoms with Crippen LogP contribution < -0.4 is 0 Å². The van der Waals surface area contributed by atoms with Gasteiger partial charge in [-0.2, -0.15) is 0 Å². The molecule has 0 bridgehead atoms. The van der Waals surface area contributed by atoms with Crippen LogP contribution in [0.15, 0.2) is 42.5 Å². The third-order valence-corrected chi connectivity index (χ3v) is 9.24. The highest BCUT2D eigenvalue weighted by atomic mass is 35.5. The van der Waals surface area contributed by atoms with Crippen molar-refractivity contribution in [3.05, 3.63) is 68.7 Å². The topological polar surface area (TPSA) is 60.9 Å². The molecule has 3 fully saturated rings. The number of benzene rings is 2. The average molecular weight is 577 g/mol. The molecule has 0 aromatic heterocycles. The maximum Gasteiger partial charge on any atom is 0.253 e. The Kier molecular flexibility index (Phi) is 8.22. The van der Waals surface area contributed by atoms with Crippen LogP contribution in [0.4, 0.5) is 0 Å². The van der Waals surface area contributed by atoms with E-state index < -0.39 is 0 Å². The van der Waals surface area contributed by atoms with E-state index in [1.165, 1.54) is 0 Å². The van der Waals surface area contributed by atoms with Crippen molar-refractivity contribution in [3.63, 3.8) is 0 Å². The predicted octanol–water partition coefficient (Wildman–Crippen LogP) is 5.75. The maximum atomic E-state index is 13.6. The first-order valence-electron chi connectivity index (χ1n) is 13.3. The van der Waals surface area contributed by atoms with E-state index >= 15 is 0 Å². The fourth-order valence-electron chi connectivity index (χ4n) is 5.81. The van der Waals surface area contributed by atoms with Gasteiger partial charge in [-0.15, -0.1) is 0 Å².